The van der Waals surface area contributed by atoms with Crippen LogP contribution in [0.2, 0.25) is 0 Å². The molecule has 8 rings (SSSR count). The molecule has 0 saturated carbocycles. The highest BCUT2D eigenvalue weighted by Gasteiger charge is 2.21. The standard InChI is InChI=1S/C49H38N2O7/c1-33-36(29-55-42-14-9-15-43(28-42)57-32-39-23-21-35-11-4-7-19-47(35)51-39)13-8-17-44(33)48(52)58-49(53)45-16-5-2-12-37(45)30-54-40-24-26-41(27-25-40)56-31-38-22-20-34-10-3-6-18-46(34)50-38/h2-28H,29-32H2,1H3. The van der Waals surface area contributed by atoms with E-state index in [4.69, 9.17) is 23.7 Å². The first-order valence-corrected chi connectivity index (χ1v) is 18.8. The molecule has 0 aliphatic heterocycles. The zero-order valence-electron chi connectivity index (χ0n) is 31.7. The number of carbonyl (C=O) groups excluding carboxylic acids is 2. The number of benzene rings is 6. The minimum Gasteiger partial charge on any atom is -0.489 e. The Balaban J connectivity index is 0.840. The van der Waals surface area contributed by atoms with Gasteiger partial charge in [-0.1, -0.05) is 84.9 Å². The van der Waals surface area contributed by atoms with E-state index in [0.717, 1.165) is 38.8 Å². The summed E-state index contributed by atoms with van der Waals surface area (Å²) in [7, 11) is 0. The van der Waals surface area contributed by atoms with Crippen LogP contribution < -0.4 is 18.9 Å². The minimum atomic E-state index is -0.771. The summed E-state index contributed by atoms with van der Waals surface area (Å²) >= 11 is 0. The van der Waals surface area contributed by atoms with Crippen molar-refractivity contribution in [3.05, 3.63) is 203 Å². The lowest BCUT2D eigenvalue weighted by atomic mass is 10.0. The van der Waals surface area contributed by atoms with Crippen molar-refractivity contribution in [3.8, 4) is 23.0 Å². The molecule has 0 unspecified atom stereocenters. The van der Waals surface area contributed by atoms with Crippen molar-refractivity contribution in [1.29, 1.82) is 0 Å². The van der Waals surface area contributed by atoms with Crippen molar-refractivity contribution in [2.45, 2.75) is 33.4 Å². The smallest absolute Gasteiger partial charge is 0.346 e. The van der Waals surface area contributed by atoms with E-state index in [1.165, 1.54) is 0 Å². The monoisotopic (exact) mass is 766 g/mol. The summed E-state index contributed by atoms with van der Waals surface area (Å²) in [5, 5.41) is 2.15. The fourth-order valence-electron chi connectivity index (χ4n) is 6.40. The third-order valence-electron chi connectivity index (χ3n) is 9.59. The van der Waals surface area contributed by atoms with Gasteiger partial charge in [-0.3, -0.25) is 0 Å². The van der Waals surface area contributed by atoms with Gasteiger partial charge in [0.1, 0.15) is 49.4 Å². The predicted molar refractivity (Wildman–Crippen MR) is 221 cm³/mol. The van der Waals surface area contributed by atoms with E-state index in [1.807, 2.05) is 115 Å². The van der Waals surface area contributed by atoms with Gasteiger partial charge in [-0.2, -0.15) is 0 Å². The van der Waals surface area contributed by atoms with E-state index >= 15 is 0 Å². The van der Waals surface area contributed by atoms with Crippen LogP contribution in [0.25, 0.3) is 21.8 Å². The number of aromatic nitrogens is 2. The molecule has 6 aromatic carbocycles. The van der Waals surface area contributed by atoms with Crippen LogP contribution in [0.5, 0.6) is 23.0 Å². The second kappa shape index (κ2) is 17.5. The largest absolute Gasteiger partial charge is 0.489 e. The second-order valence-corrected chi connectivity index (χ2v) is 13.5. The summed E-state index contributed by atoms with van der Waals surface area (Å²) in [6.07, 6.45) is 0. The third-order valence-corrected chi connectivity index (χ3v) is 9.59. The van der Waals surface area contributed by atoms with Crippen LogP contribution in [0.4, 0.5) is 0 Å². The molecule has 0 fully saturated rings. The quantitative estimate of drug-likeness (QED) is 0.0790. The molecule has 0 atom stereocenters. The first-order chi connectivity index (χ1) is 28.4. The molecular weight excluding hydrogens is 729 g/mol. The highest BCUT2D eigenvalue weighted by molar-refractivity contribution is 6.04. The van der Waals surface area contributed by atoms with Crippen molar-refractivity contribution in [3.63, 3.8) is 0 Å². The molecule has 0 N–H and O–H groups in total. The van der Waals surface area contributed by atoms with Gasteiger partial charge in [-0.25, -0.2) is 19.6 Å². The number of ether oxygens (including phenoxy) is 5. The number of hydrogen-bond donors (Lipinski definition) is 0. The minimum absolute atomic E-state index is 0.0824. The van der Waals surface area contributed by atoms with Crippen LogP contribution in [-0.2, 0) is 31.2 Å². The number of hydrogen-bond acceptors (Lipinski definition) is 9. The molecule has 286 valence electrons. The number of carbonyl (C=O) groups is 2. The van der Waals surface area contributed by atoms with Crippen molar-refractivity contribution >= 4 is 33.7 Å². The van der Waals surface area contributed by atoms with Gasteiger partial charge in [0.2, 0.25) is 0 Å². The lowest BCUT2D eigenvalue weighted by Crippen LogP contribution is -2.16. The van der Waals surface area contributed by atoms with Crippen LogP contribution in [-0.4, -0.2) is 21.9 Å². The van der Waals surface area contributed by atoms with E-state index < -0.39 is 11.9 Å². The lowest BCUT2D eigenvalue weighted by Gasteiger charge is -2.14. The zero-order valence-corrected chi connectivity index (χ0v) is 31.7. The van der Waals surface area contributed by atoms with Gasteiger partial charge in [0.15, 0.2) is 0 Å². The first kappa shape index (κ1) is 37.4. The Morgan fingerprint density at radius 2 is 0.897 bits per heavy atom. The van der Waals surface area contributed by atoms with Gasteiger partial charge in [0, 0.05) is 22.4 Å². The molecule has 0 radical (unpaired) electrons. The van der Waals surface area contributed by atoms with Gasteiger partial charge in [0.05, 0.1) is 33.5 Å². The zero-order chi connectivity index (χ0) is 39.7. The van der Waals surface area contributed by atoms with E-state index in [-0.39, 0.29) is 24.3 Å². The highest BCUT2D eigenvalue weighted by Crippen LogP contribution is 2.25. The maximum atomic E-state index is 13.4. The maximum absolute atomic E-state index is 13.4. The Hall–Kier alpha value is -7.52. The molecule has 0 amide bonds. The Kier molecular flexibility index (Phi) is 11.3. The normalized spacial score (nSPS) is 10.9. The fraction of sp³-hybridized carbons (Fsp3) is 0.102. The molecule has 0 aliphatic carbocycles. The van der Waals surface area contributed by atoms with Gasteiger partial charge in [-0.15, -0.1) is 0 Å². The number of rotatable bonds is 14. The molecule has 9 heteroatoms. The van der Waals surface area contributed by atoms with Crippen molar-refractivity contribution < 1.29 is 33.3 Å². The summed E-state index contributed by atoms with van der Waals surface area (Å²) in [4.78, 5) is 36.0. The van der Waals surface area contributed by atoms with Crippen molar-refractivity contribution in [2.24, 2.45) is 0 Å². The van der Waals surface area contributed by atoms with Crippen LogP contribution in [0.1, 0.15) is 48.8 Å². The van der Waals surface area contributed by atoms with Crippen LogP contribution in [0, 0.1) is 6.92 Å². The maximum Gasteiger partial charge on any atom is 0.346 e. The molecule has 2 aromatic heterocycles. The molecular formula is C49H38N2O7. The van der Waals surface area contributed by atoms with Crippen molar-refractivity contribution in [1.82, 2.24) is 9.97 Å². The van der Waals surface area contributed by atoms with Gasteiger partial charge in [-0.05, 0) is 90.8 Å². The number of para-hydroxylation sites is 2. The van der Waals surface area contributed by atoms with Crippen LogP contribution in [0.15, 0.2) is 164 Å². The van der Waals surface area contributed by atoms with Crippen LogP contribution in [0.3, 0.4) is 0 Å². The fourth-order valence-corrected chi connectivity index (χ4v) is 6.40. The van der Waals surface area contributed by atoms with Gasteiger partial charge >= 0.3 is 11.9 Å². The molecule has 58 heavy (non-hydrogen) atoms. The summed E-state index contributed by atoms with van der Waals surface area (Å²) in [5.41, 5.74) is 5.96. The average Bonchev–Trinajstić information content (AvgIpc) is 3.27. The number of fused-ring (bicyclic) bond motifs is 2. The molecule has 0 aliphatic rings. The highest BCUT2D eigenvalue weighted by atomic mass is 16.6. The molecule has 2 heterocycles. The van der Waals surface area contributed by atoms with Gasteiger partial charge < -0.3 is 23.7 Å². The second-order valence-electron chi connectivity index (χ2n) is 13.5. The Morgan fingerprint density at radius 3 is 1.55 bits per heavy atom. The third kappa shape index (κ3) is 9.12. The molecule has 8 aromatic rings. The molecule has 0 saturated heterocycles. The molecule has 9 nitrogen and oxygen atoms in total. The van der Waals surface area contributed by atoms with Crippen LogP contribution >= 0.6 is 0 Å². The lowest BCUT2D eigenvalue weighted by molar-refractivity contribution is 0.0395. The van der Waals surface area contributed by atoms with E-state index in [2.05, 4.69) is 9.97 Å². The number of pyridine rings is 2. The summed E-state index contributed by atoms with van der Waals surface area (Å²) in [6, 6.07) is 50.6. The first-order valence-electron chi connectivity index (χ1n) is 18.8. The van der Waals surface area contributed by atoms with E-state index in [0.29, 0.717) is 47.3 Å². The molecule has 0 spiro atoms. The van der Waals surface area contributed by atoms with Crippen molar-refractivity contribution in [2.75, 3.05) is 0 Å². The summed E-state index contributed by atoms with van der Waals surface area (Å²) < 4.78 is 29.5. The Bertz CT molecular complexity index is 2730. The number of nitrogens with zero attached hydrogens (tertiary/aromatic N) is 2. The van der Waals surface area contributed by atoms with E-state index in [9.17, 15) is 9.59 Å². The summed E-state index contributed by atoms with van der Waals surface area (Å²) in [5.74, 6) is 0.965. The van der Waals surface area contributed by atoms with Gasteiger partial charge in [0.25, 0.3) is 0 Å². The topological polar surface area (TPSA) is 106 Å². The average molecular weight is 767 g/mol. The Labute approximate surface area is 335 Å². The summed E-state index contributed by atoms with van der Waals surface area (Å²) in [6.45, 7) is 2.71. The number of esters is 2. The van der Waals surface area contributed by atoms with E-state index in [1.54, 1.807) is 55.5 Å². The predicted octanol–water partition coefficient (Wildman–Crippen LogP) is 10.4. The SMILES string of the molecule is Cc1c(COc2cccc(OCc3ccc4ccccc4n3)c2)cccc1C(=O)OC(=O)c1ccccc1COc1ccc(OCc2ccc3ccccc3n2)cc1. The Morgan fingerprint density at radius 1 is 0.431 bits per heavy atom. The molecule has 0 bridgehead atoms.